The van der Waals surface area contributed by atoms with Crippen LogP contribution < -0.4 is 4.90 Å². The van der Waals surface area contributed by atoms with E-state index >= 15 is 0 Å². The first kappa shape index (κ1) is 11.9. The zero-order chi connectivity index (χ0) is 11.7. The Morgan fingerprint density at radius 1 is 1.50 bits per heavy atom. The highest BCUT2D eigenvalue weighted by molar-refractivity contribution is 9.10. The van der Waals surface area contributed by atoms with Gasteiger partial charge < -0.3 is 9.80 Å². The molecule has 0 spiro atoms. The van der Waals surface area contributed by atoms with Crippen molar-refractivity contribution in [2.75, 3.05) is 32.1 Å². The highest BCUT2D eigenvalue weighted by Crippen LogP contribution is 2.22. The van der Waals surface area contributed by atoms with Gasteiger partial charge in [0.2, 0.25) is 0 Å². The normalized spacial score (nSPS) is 21.4. The predicted molar refractivity (Wildman–Crippen MR) is 71.0 cm³/mol. The minimum atomic E-state index is 0.595. The van der Waals surface area contributed by atoms with Crippen molar-refractivity contribution in [3.8, 4) is 0 Å². The lowest BCUT2D eigenvalue weighted by molar-refractivity contribution is 0.409. The van der Waals surface area contributed by atoms with Crippen molar-refractivity contribution in [2.45, 2.75) is 19.4 Å². The van der Waals surface area contributed by atoms with Gasteiger partial charge in [-0.15, -0.1) is 0 Å². The summed E-state index contributed by atoms with van der Waals surface area (Å²) < 4.78 is 1.08. The lowest BCUT2D eigenvalue weighted by Gasteiger charge is -2.25. The smallest absolute Gasteiger partial charge is 0.128 e. The van der Waals surface area contributed by atoms with Gasteiger partial charge in [-0.25, -0.2) is 4.98 Å². The number of rotatable bonds is 2. The molecule has 0 radical (unpaired) electrons. The van der Waals surface area contributed by atoms with Crippen LogP contribution in [-0.2, 0) is 0 Å². The molecule has 16 heavy (non-hydrogen) atoms. The lowest BCUT2D eigenvalue weighted by atomic mass is 10.2. The van der Waals surface area contributed by atoms with E-state index < -0.39 is 0 Å². The molecule has 1 atom stereocenters. The summed E-state index contributed by atoms with van der Waals surface area (Å²) in [6, 6.07) is 4.75. The van der Waals surface area contributed by atoms with Crippen LogP contribution in [-0.4, -0.2) is 43.1 Å². The van der Waals surface area contributed by atoms with Crippen LogP contribution in [0.4, 0.5) is 5.82 Å². The summed E-state index contributed by atoms with van der Waals surface area (Å²) in [6.07, 6.45) is 1.23. The standard InChI is InChI=1S/C12H18BrN3/c1-9-11(13)4-5-12(14-9)16(3)10-6-7-15(2)8-10/h4-5,10H,6-8H2,1-3H3. The Balaban J connectivity index is 2.14. The van der Waals surface area contributed by atoms with Gasteiger partial charge in [-0.05, 0) is 55.0 Å². The second-order valence-corrected chi connectivity index (χ2v) is 5.41. The Morgan fingerprint density at radius 2 is 2.25 bits per heavy atom. The Bertz CT molecular complexity index is 381. The first-order valence-electron chi connectivity index (χ1n) is 5.62. The minimum Gasteiger partial charge on any atom is -0.355 e. The third-order valence-electron chi connectivity index (χ3n) is 3.28. The zero-order valence-corrected chi connectivity index (χ0v) is 11.7. The molecule has 1 fully saturated rings. The molecule has 0 amide bonds. The molecule has 0 saturated carbocycles. The van der Waals surface area contributed by atoms with E-state index in [2.05, 4.69) is 56.9 Å². The number of anilines is 1. The monoisotopic (exact) mass is 283 g/mol. The molecule has 1 aromatic heterocycles. The molecular weight excluding hydrogens is 266 g/mol. The van der Waals surface area contributed by atoms with Gasteiger partial charge in [-0.2, -0.15) is 0 Å². The second kappa shape index (κ2) is 4.72. The molecule has 1 saturated heterocycles. The number of likely N-dealkylation sites (N-methyl/N-ethyl adjacent to an activating group) is 2. The Morgan fingerprint density at radius 3 is 2.81 bits per heavy atom. The van der Waals surface area contributed by atoms with Gasteiger partial charge >= 0.3 is 0 Å². The van der Waals surface area contributed by atoms with E-state index in [0.29, 0.717) is 6.04 Å². The van der Waals surface area contributed by atoms with Crippen LogP contribution in [0, 0.1) is 6.92 Å². The largest absolute Gasteiger partial charge is 0.355 e. The van der Waals surface area contributed by atoms with Crippen molar-refractivity contribution in [1.29, 1.82) is 0 Å². The number of aromatic nitrogens is 1. The van der Waals surface area contributed by atoms with Crippen LogP contribution in [0.5, 0.6) is 0 Å². The maximum Gasteiger partial charge on any atom is 0.128 e. The lowest BCUT2D eigenvalue weighted by Crippen LogP contribution is -2.34. The molecule has 1 unspecified atom stereocenters. The molecular formula is C12H18BrN3. The van der Waals surface area contributed by atoms with Crippen molar-refractivity contribution in [1.82, 2.24) is 9.88 Å². The predicted octanol–water partition coefficient (Wildman–Crippen LogP) is 2.29. The van der Waals surface area contributed by atoms with Gasteiger partial charge in [-0.1, -0.05) is 0 Å². The summed E-state index contributed by atoms with van der Waals surface area (Å²) in [5.74, 6) is 1.07. The van der Waals surface area contributed by atoms with Crippen LogP contribution in [0.25, 0.3) is 0 Å². The molecule has 1 aliphatic rings. The first-order chi connectivity index (χ1) is 7.58. The van der Waals surface area contributed by atoms with E-state index in [1.807, 2.05) is 6.92 Å². The summed E-state index contributed by atoms with van der Waals surface area (Å²) >= 11 is 3.48. The molecule has 0 aliphatic carbocycles. The summed E-state index contributed by atoms with van der Waals surface area (Å²) in [4.78, 5) is 9.27. The molecule has 1 aromatic rings. The van der Waals surface area contributed by atoms with E-state index in [4.69, 9.17) is 0 Å². The molecule has 1 aliphatic heterocycles. The number of likely N-dealkylation sites (tertiary alicyclic amines) is 1. The van der Waals surface area contributed by atoms with Crippen LogP contribution in [0.3, 0.4) is 0 Å². The molecule has 4 heteroatoms. The fourth-order valence-corrected chi connectivity index (χ4v) is 2.36. The van der Waals surface area contributed by atoms with Crippen molar-refractivity contribution >= 4 is 21.7 Å². The molecule has 2 heterocycles. The molecule has 2 rings (SSSR count). The fraction of sp³-hybridized carbons (Fsp3) is 0.583. The van der Waals surface area contributed by atoms with Crippen LogP contribution in [0.2, 0.25) is 0 Å². The van der Waals surface area contributed by atoms with Gasteiger partial charge in [0, 0.05) is 24.1 Å². The number of hydrogen-bond donors (Lipinski definition) is 0. The van der Waals surface area contributed by atoms with E-state index in [1.165, 1.54) is 13.0 Å². The van der Waals surface area contributed by atoms with E-state index in [-0.39, 0.29) is 0 Å². The number of aryl methyl sites for hydroxylation is 1. The number of pyridine rings is 1. The number of halogens is 1. The third-order valence-corrected chi connectivity index (χ3v) is 4.12. The van der Waals surface area contributed by atoms with Crippen molar-refractivity contribution in [3.05, 3.63) is 22.3 Å². The molecule has 0 aromatic carbocycles. The van der Waals surface area contributed by atoms with Crippen molar-refractivity contribution < 1.29 is 0 Å². The highest BCUT2D eigenvalue weighted by Gasteiger charge is 2.24. The third kappa shape index (κ3) is 2.38. The first-order valence-corrected chi connectivity index (χ1v) is 6.42. The van der Waals surface area contributed by atoms with Gasteiger partial charge in [0.1, 0.15) is 5.82 Å². The Kier molecular flexibility index (Phi) is 3.50. The average molecular weight is 284 g/mol. The van der Waals surface area contributed by atoms with Gasteiger partial charge in [0.15, 0.2) is 0 Å². The van der Waals surface area contributed by atoms with Gasteiger partial charge in [-0.3, -0.25) is 0 Å². The summed E-state index contributed by atoms with van der Waals surface area (Å²) in [6.45, 7) is 4.35. The van der Waals surface area contributed by atoms with Crippen molar-refractivity contribution in [2.24, 2.45) is 0 Å². The SMILES string of the molecule is Cc1nc(N(C)C2CCN(C)C2)ccc1Br. The summed E-state index contributed by atoms with van der Waals surface area (Å²) in [7, 11) is 4.31. The van der Waals surface area contributed by atoms with Gasteiger partial charge in [0.05, 0.1) is 5.69 Å². The van der Waals surface area contributed by atoms with E-state index in [9.17, 15) is 0 Å². The maximum absolute atomic E-state index is 4.60. The maximum atomic E-state index is 4.60. The molecule has 0 bridgehead atoms. The van der Waals surface area contributed by atoms with Gasteiger partial charge in [0.25, 0.3) is 0 Å². The van der Waals surface area contributed by atoms with Crippen LogP contribution in [0.15, 0.2) is 16.6 Å². The quantitative estimate of drug-likeness (QED) is 0.830. The van der Waals surface area contributed by atoms with Crippen LogP contribution >= 0.6 is 15.9 Å². The van der Waals surface area contributed by atoms with Crippen LogP contribution in [0.1, 0.15) is 12.1 Å². The van der Waals surface area contributed by atoms with E-state index in [1.54, 1.807) is 0 Å². The topological polar surface area (TPSA) is 19.4 Å². The molecule has 0 N–H and O–H groups in total. The average Bonchev–Trinajstić information content (AvgIpc) is 2.68. The second-order valence-electron chi connectivity index (χ2n) is 4.55. The fourth-order valence-electron chi connectivity index (χ4n) is 2.14. The van der Waals surface area contributed by atoms with E-state index in [0.717, 1.165) is 22.5 Å². The Hall–Kier alpha value is -0.610. The minimum absolute atomic E-state index is 0.595. The zero-order valence-electron chi connectivity index (χ0n) is 10.1. The molecule has 3 nitrogen and oxygen atoms in total. The summed E-state index contributed by atoms with van der Waals surface area (Å²) in [5, 5.41) is 0. The highest BCUT2D eigenvalue weighted by atomic mass is 79.9. The summed E-state index contributed by atoms with van der Waals surface area (Å²) in [5.41, 5.74) is 1.05. The number of nitrogens with zero attached hydrogens (tertiary/aromatic N) is 3. The van der Waals surface area contributed by atoms with Crippen molar-refractivity contribution in [3.63, 3.8) is 0 Å². The number of hydrogen-bond acceptors (Lipinski definition) is 3. The Labute approximate surface area is 106 Å². The molecule has 88 valence electrons.